The van der Waals surface area contributed by atoms with Gasteiger partial charge in [0.1, 0.15) is 5.75 Å². The molecule has 0 aliphatic heterocycles. The first-order chi connectivity index (χ1) is 9.51. The number of imidazole rings is 1. The molecule has 1 heterocycles. The van der Waals surface area contributed by atoms with E-state index >= 15 is 0 Å². The summed E-state index contributed by atoms with van der Waals surface area (Å²) in [6, 6.07) is 5.74. The average molecular weight is 293 g/mol. The minimum Gasteiger partial charge on any atom is -0.494 e. The van der Waals surface area contributed by atoms with Gasteiger partial charge in [-0.05, 0) is 26.0 Å². The minimum absolute atomic E-state index is 0.0745. The Labute approximate surface area is 122 Å². The number of hydrogen-bond acceptors (Lipinski definition) is 4. The van der Waals surface area contributed by atoms with E-state index in [0.717, 1.165) is 21.9 Å². The predicted octanol–water partition coefficient (Wildman–Crippen LogP) is 2.53. The number of aromatic nitrogens is 2. The minimum atomic E-state index is -0.170. The molecule has 0 aliphatic rings. The number of rotatable bonds is 5. The number of fused-ring (bicyclic) bond motifs is 1. The lowest BCUT2D eigenvalue weighted by molar-refractivity contribution is -0.127. The molecule has 108 valence electrons. The van der Waals surface area contributed by atoms with E-state index in [1.807, 2.05) is 32.0 Å². The van der Waals surface area contributed by atoms with Crippen molar-refractivity contribution in [2.24, 2.45) is 0 Å². The van der Waals surface area contributed by atoms with Crippen molar-refractivity contribution in [2.45, 2.75) is 24.3 Å². The summed E-state index contributed by atoms with van der Waals surface area (Å²) in [6.07, 6.45) is 0. The third kappa shape index (κ3) is 3.25. The van der Waals surface area contributed by atoms with Crippen LogP contribution in [0, 0.1) is 0 Å². The summed E-state index contributed by atoms with van der Waals surface area (Å²) in [4.78, 5) is 21.1. The molecule has 0 radical (unpaired) electrons. The van der Waals surface area contributed by atoms with Gasteiger partial charge in [-0.1, -0.05) is 11.8 Å². The number of benzene rings is 1. The highest BCUT2D eigenvalue weighted by Crippen LogP contribution is 2.26. The second-order valence-corrected chi connectivity index (χ2v) is 5.98. The molecule has 1 atom stereocenters. The molecule has 1 aromatic heterocycles. The molecule has 0 saturated carbocycles. The highest BCUT2D eigenvalue weighted by molar-refractivity contribution is 8.00. The third-order valence-electron chi connectivity index (χ3n) is 2.82. The predicted molar refractivity (Wildman–Crippen MR) is 81.3 cm³/mol. The maximum atomic E-state index is 11.8. The lowest BCUT2D eigenvalue weighted by atomic mass is 10.3. The topological polar surface area (TPSA) is 58.2 Å². The molecule has 1 aromatic carbocycles. The zero-order chi connectivity index (χ0) is 14.7. The van der Waals surface area contributed by atoms with E-state index in [1.54, 1.807) is 19.0 Å². The van der Waals surface area contributed by atoms with Crippen molar-refractivity contribution in [1.82, 2.24) is 14.9 Å². The first-order valence-corrected chi connectivity index (χ1v) is 7.39. The van der Waals surface area contributed by atoms with Crippen LogP contribution in [0.2, 0.25) is 0 Å². The van der Waals surface area contributed by atoms with Crippen LogP contribution in [0.5, 0.6) is 5.75 Å². The first kappa shape index (κ1) is 14.7. The van der Waals surface area contributed by atoms with Gasteiger partial charge >= 0.3 is 0 Å². The number of carbonyl (C=O) groups excluding carboxylic acids is 1. The lowest BCUT2D eigenvalue weighted by Gasteiger charge is -2.14. The van der Waals surface area contributed by atoms with Crippen LogP contribution in [0.1, 0.15) is 13.8 Å². The zero-order valence-electron chi connectivity index (χ0n) is 12.1. The Bertz CT molecular complexity index is 609. The van der Waals surface area contributed by atoms with E-state index in [4.69, 9.17) is 4.74 Å². The molecule has 0 bridgehead atoms. The van der Waals surface area contributed by atoms with Gasteiger partial charge in [0.15, 0.2) is 5.16 Å². The molecule has 20 heavy (non-hydrogen) atoms. The Morgan fingerprint density at radius 3 is 2.90 bits per heavy atom. The van der Waals surface area contributed by atoms with Gasteiger partial charge in [0, 0.05) is 20.2 Å². The SMILES string of the molecule is CCOc1ccc2nc(S[C@H](C)C(=O)N(C)C)[nH]c2c1. The standard InChI is InChI=1S/C14H19N3O2S/c1-5-19-10-6-7-11-12(8-10)16-14(15-11)20-9(2)13(18)17(3)4/h6-9H,5H2,1-4H3,(H,15,16)/t9-/m1/s1. The third-order valence-corrected chi connectivity index (χ3v) is 3.79. The van der Waals surface area contributed by atoms with Crippen molar-refractivity contribution in [1.29, 1.82) is 0 Å². The highest BCUT2D eigenvalue weighted by Gasteiger charge is 2.18. The molecule has 1 N–H and O–H groups in total. The van der Waals surface area contributed by atoms with E-state index in [-0.39, 0.29) is 11.2 Å². The normalized spacial score (nSPS) is 12.4. The van der Waals surface area contributed by atoms with E-state index in [0.29, 0.717) is 6.61 Å². The van der Waals surface area contributed by atoms with Crippen LogP contribution in [-0.2, 0) is 4.79 Å². The summed E-state index contributed by atoms with van der Waals surface area (Å²) in [7, 11) is 3.51. The van der Waals surface area contributed by atoms with Crippen LogP contribution in [0.15, 0.2) is 23.4 Å². The van der Waals surface area contributed by atoms with Gasteiger partial charge in [-0.3, -0.25) is 4.79 Å². The largest absolute Gasteiger partial charge is 0.494 e. The first-order valence-electron chi connectivity index (χ1n) is 6.51. The second kappa shape index (κ2) is 6.17. The number of ether oxygens (including phenoxy) is 1. The summed E-state index contributed by atoms with van der Waals surface area (Å²) >= 11 is 1.43. The van der Waals surface area contributed by atoms with Crippen molar-refractivity contribution in [3.05, 3.63) is 18.2 Å². The number of thioether (sulfide) groups is 1. The molecule has 0 aliphatic carbocycles. The Morgan fingerprint density at radius 2 is 2.25 bits per heavy atom. The molecule has 1 amide bonds. The fourth-order valence-electron chi connectivity index (χ4n) is 1.86. The zero-order valence-corrected chi connectivity index (χ0v) is 13.0. The Kier molecular flexibility index (Phi) is 4.54. The van der Waals surface area contributed by atoms with Gasteiger partial charge in [-0.25, -0.2) is 4.98 Å². The van der Waals surface area contributed by atoms with Gasteiger partial charge in [0.2, 0.25) is 5.91 Å². The number of nitrogens with one attached hydrogen (secondary N) is 1. The second-order valence-electron chi connectivity index (χ2n) is 4.65. The molecular formula is C14H19N3O2S. The molecule has 0 saturated heterocycles. The van der Waals surface area contributed by atoms with Crippen molar-refractivity contribution in [3.63, 3.8) is 0 Å². The maximum absolute atomic E-state index is 11.8. The van der Waals surface area contributed by atoms with Crippen LogP contribution in [0.3, 0.4) is 0 Å². The highest BCUT2D eigenvalue weighted by atomic mass is 32.2. The van der Waals surface area contributed by atoms with E-state index in [2.05, 4.69) is 9.97 Å². The number of H-pyrrole nitrogens is 1. The fraction of sp³-hybridized carbons (Fsp3) is 0.429. The van der Waals surface area contributed by atoms with Gasteiger partial charge in [-0.2, -0.15) is 0 Å². The Balaban J connectivity index is 2.17. The molecule has 0 spiro atoms. The lowest BCUT2D eigenvalue weighted by Crippen LogP contribution is -2.29. The van der Waals surface area contributed by atoms with Crippen LogP contribution in [-0.4, -0.2) is 46.7 Å². The quantitative estimate of drug-likeness (QED) is 0.861. The van der Waals surface area contributed by atoms with E-state index in [9.17, 15) is 4.79 Å². The molecule has 0 unspecified atom stereocenters. The number of aromatic amines is 1. The Hall–Kier alpha value is -1.69. The van der Waals surface area contributed by atoms with Crippen molar-refractivity contribution >= 4 is 28.7 Å². The molecule has 5 nitrogen and oxygen atoms in total. The number of carbonyl (C=O) groups is 1. The van der Waals surface area contributed by atoms with Crippen molar-refractivity contribution in [2.75, 3.05) is 20.7 Å². The van der Waals surface area contributed by atoms with Crippen molar-refractivity contribution < 1.29 is 9.53 Å². The van der Waals surface area contributed by atoms with Gasteiger partial charge in [0.05, 0.1) is 22.9 Å². The summed E-state index contributed by atoms with van der Waals surface area (Å²) in [5.74, 6) is 0.892. The van der Waals surface area contributed by atoms with E-state index < -0.39 is 0 Å². The summed E-state index contributed by atoms with van der Waals surface area (Å²) in [6.45, 7) is 4.47. The molecular weight excluding hydrogens is 274 g/mol. The molecule has 0 fully saturated rings. The van der Waals surface area contributed by atoms with Crippen LogP contribution in [0.25, 0.3) is 11.0 Å². The number of hydrogen-bond donors (Lipinski definition) is 1. The Morgan fingerprint density at radius 1 is 1.50 bits per heavy atom. The van der Waals surface area contributed by atoms with Crippen LogP contribution in [0.4, 0.5) is 0 Å². The van der Waals surface area contributed by atoms with E-state index in [1.165, 1.54) is 11.8 Å². The summed E-state index contributed by atoms with van der Waals surface area (Å²) in [5, 5.41) is 0.577. The maximum Gasteiger partial charge on any atom is 0.235 e. The van der Waals surface area contributed by atoms with Crippen LogP contribution < -0.4 is 4.74 Å². The van der Waals surface area contributed by atoms with Gasteiger partial charge in [0.25, 0.3) is 0 Å². The van der Waals surface area contributed by atoms with Gasteiger partial charge < -0.3 is 14.6 Å². The van der Waals surface area contributed by atoms with Crippen LogP contribution >= 0.6 is 11.8 Å². The fourth-order valence-corrected chi connectivity index (χ4v) is 2.83. The molecule has 6 heteroatoms. The average Bonchev–Trinajstić information content (AvgIpc) is 2.79. The van der Waals surface area contributed by atoms with Gasteiger partial charge in [-0.15, -0.1) is 0 Å². The van der Waals surface area contributed by atoms with Crippen molar-refractivity contribution in [3.8, 4) is 5.75 Å². The number of nitrogens with zero attached hydrogens (tertiary/aromatic N) is 2. The smallest absolute Gasteiger partial charge is 0.235 e. The summed E-state index contributed by atoms with van der Waals surface area (Å²) < 4.78 is 5.46. The summed E-state index contributed by atoms with van der Waals surface area (Å²) in [5.41, 5.74) is 1.79. The number of amides is 1. The molecule has 2 aromatic rings. The monoisotopic (exact) mass is 293 g/mol. The molecule has 2 rings (SSSR count).